The minimum atomic E-state index is -2.45. The molecule has 1 amide bonds. The van der Waals surface area contributed by atoms with Crippen LogP contribution in [0.2, 0.25) is 0 Å². The van der Waals surface area contributed by atoms with Crippen molar-refractivity contribution in [3.05, 3.63) is 119 Å². The van der Waals surface area contributed by atoms with Crippen LogP contribution in [0.15, 0.2) is 102 Å². The van der Waals surface area contributed by atoms with Crippen molar-refractivity contribution in [3.8, 4) is 0 Å². The Bertz CT molecular complexity index is 2430. The van der Waals surface area contributed by atoms with E-state index in [0.717, 1.165) is 13.8 Å². The van der Waals surface area contributed by atoms with E-state index in [2.05, 4.69) is 5.32 Å². The zero-order valence-corrected chi connectivity index (χ0v) is 37.4. The van der Waals surface area contributed by atoms with Crippen LogP contribution < -0.4 is 11.1 Å². The molecule has 3 aromatic rings. The Morgan fingerprint density at radius 2 is 1.44 bits per heavy atom. The van der Waals surface area contributed by atoms with E-state index >= 15 is 4.79 Å². The van der Waals surface area contributed by atoms with Gasteiger partial charge in [0, 0.05) is 37.7 Å². The number of fused-ring (bicyclic) bond motifs is 5. The summed E-state index contributed by atoms with van der Waals surface area (Å²) >= 11 is 0. The molecule has 1 aliphatic heterocycles. The second-order valence-corrected chi connectivity index (χ2v) is 18.0. The Morgan fingerprint density at radius 3 is 1.98 bits per heavy atom. The molecule has 1 heterocycles. The summed E-state index contributed by atoms with van der Waals surface area (Å²) in [6.45, 7) is 7.19. The van der Waals surface area contributed by atoms with Crippen molar-refractivity contribution in [2.24, 2.45) is 22.5 Å². The Labute approximate surface area is 380 Å². The van der Waals surface area contributed by atoms with Gasteiger partial charge in [-0.25, -0.2) is 9.59 Å². The van der Waals surface area contributed by atoms with E-state index < -0.39 is 125 Å². The van der Waals surface area contributed by atoms with E-state index in [4.69, 9.17) is 34.2 Å². The molecule has 2 bridgehead atoms. The number of aliphatic hydroxyl groups is 2. The molecule has 0 radical (unpaired) electrons. The maximum atomic E-state index is 15.6. The molecule has 17 heteroatoms. The van der Waals surface area contributed by atoms with E-state index in [0.29, 0.717) is 5.56 Å². The van der Waals surface area contributed by atoms with Gasteiger partial charge >= 0.3 is 29.8 Å². The van der Waals surface area contributed by atoms with Gasteiger partial charge < -0.3 is 49.7 Å². The topological polar surface area (TPSA) is 253 Å². The fraction of sp³-hybridized carbons (Fsp3) is 0.449. The van der Waals surface area contributed by atoms with Crippen molar-refractivity contribution in [1.29, 1.82) is 0 Å². The van der Waals surface area contributed by atoms with Gasteiger partial charge in [0.05, 0.1) is 36.2 Å². The summed E-state index contributed by atoms with van der Waals surface area (Å²) in [5, 5.41) is 28.7. The van der Waals surface area contributed by atoms with Crippen molar-refractivity contribution in [3.63, 3.8) is 0 Å². The number of nitrogens with one attached hydrogen (secondary N) is 1. The molecule has 5 N–H and O–H groups in total. The SMILES string of the molecule is CC(=O)O[C@H]1C(=O)[C@@]2(C)C([C@H](OC(=O)c3ccccc3)[C@]3(O)C[C@H](OC(=O)[C@H](OC(=O)CN)[C@@H](NC(=O)c4ccccc4)c4ccccc4)C(C)=C1C3(C)C)[C@]1(OC(C)=O)CO[C@@H]1C[C@@H]2O. The molecule has 7 rings (SSSR count). The van der Waals surface area contributed by atoms with Gasteiger partial charge in [-0.05, 0) is 54.8 Å². The van der Waals surface area contributed by atoms with Crippen LogP contribution in [0.5, 0.6) is 0 Å². The average Bonchev–Trinajstić information content (AvgIpc) is 3.28. The third-order valence-corrected chi connectivity index (χ3v) is 13.9. The lowest BCUT2D eigenvalue weighted by molar-refractivity contribution is -0.346. The summed E-state index contributed by atoms with van der Waals surface area (Å²) in [6.07, 6.45) is -10.7. The molecule has 4 aliphatic rings. The van der Waals surface area contributed by atoms with Crippen molar-refractivity contribution in [2.45, 2.75) is 108 Å². The number of benzene rings is 3. The van der Waals surface area contributed by atoms with Crippen LogP contribution in [0, 0.1) is 16.7 Å². The molecule has 0 spiro atoms. The molecule has 2 saturated carbocycles. The number of ether oxygens (including phenoxy) is 6. The second kappa shape index (κ2) is 18.2. The Hall–Kier alpha value is -6.27. The first-order valence-electron chi connectivity index (χ1n) is 21.6. The highest BCUT2D eigenvalue weighted by Gasteiger charge is 2.78. The molecular weight excluding hydrogens is 857 g/mol. The maximum Gasteiger partial charge on any atom is 0.350 e. The Kier molecular flexibility index (Phi) is 13.1. The molecule has 66 heavy (non-hydrogen) atoms. The fourth-order valence-electron chi connectivity index (χ4n) is 10.5. The van der Waals surface area contributed by atoms with Gasteiger partial charge in [-0.15, -0.1) is 0 Å². The van der Waals surface area contributed by atoms with Gasteiger partial charge in [-0.3, -0.25) is 24.0 Å². The molecular formula is C49H54N2O15. The normalized spacial score (nSPS) is 30.5. The number of ketones is 1. The van der Waals surface area contributed by atoms with Crippen molar-refractivity contribution >= 4 is 41.5 Å². The van der Waals surface area contributed by atoms with Crippen LogP contribution in [0.25, 0.3) is 0 Å². The number of Topliss-reactive ketones (excluding diaryl/α,β-unsaturated/α-hetero) is 1. The first-order valence-corrected chi connectivity index (χ1v) is 21.6. The predicted octanol–water partition coefficient (Wildman–Crippen LogP) is 3.25. The maximum absolute atomic E-state index is 15.6. The molecule has 3 fully saturated rings. The van der Waals surface area contributed by atoms with Crippen LogP contribution >= 0.6 is 0 Å². The van der Waals surface area contributed by atoms with Gasteiger partial charge in [0.1, 0.15) is 30.0 Å². The number of hydrogen-bond acceptors (Lipinski definition) is 16. The van der Waals surface area contributed by atoms with E-state index in [-0.39, 0.29) is 35.3 Å². The van der Waals surface area contributed by atoms with E-state index in [1.807, 2.05) is 0 Å². The predicted molar refractivity (Wildman–Crippen MR) is 231 cm³/mol. The zero-order valence-electron chi connectivity index (χ0n) is 37.4. The average molecular weight is 911 g/mol. The van der Waals surface area contributed by atoms with E-state index in [1.54, 1.807) is 92.7 Å². The Morgan fingerprint density at radius 1 is 0.848 bits per heavy atom. The van der Waals surface area contributed by atoms with Gasteiger partial charge in [0.25, 0.3) is 5.91 Å². The second-order valence-electron chi connectivity index (χ2n) is 18.0. The van der Waals surface area contributed by atoms with Gasteiger partial charge in [-0.2, -0.15) is 0 Å². The number of nitrogens with two attached hydrogens (primary N) is 1. The first-order chi connectivity index (χ1) is 31.2. The van der Waals surface area contributed by atoms with Crippen LogP contribution in [0.3, 0.4) is 0 Å². The number of aliphatic hydroxyl groups excluding tert-OH is 1. The lowest BCUT2D eigenvalue weighted by Gasteiger charge is -2.67. The highest BCUT2D eigenvalue weighted by atomic mass is 16.6. The largest absolute Gasteiger partial charge is 0.455 e. The van der Waals surface area contributed by atoms with Crippen molar-refractivity contribution in [2.75, 3.05) is 13.2 Å². The van der Waals surface area contributed by atoms with Gasteiger partial charge in [0.15, 0.2) is 17.5 Å². The van der Waals surface area contributed by atoms with Crippen LogP contribution in [-0.2, 0) is 52.4 Å². The monoisotopic (exact) mass is 910 g/mol. The molecule has 3 aliphatic carbocycles. The number of esters is 5. The number of amides is 1. The van der Waals surface area contributed by atoms with E-state index in [9.17, 15) is 39.0 Å². The standard InChI is InChI=1S/C49H54N2O15/c1-26-32(63-45(59)39(64-35(55)24-50)37(29-16-10-7-11-17-29)51-43(57)30-18-12-8-13-19-30)23-49(60)42(65-44(58)31-20-14-9-15-21-31)40-47(6,33(54)22-34-48(40,25-61-34)66-28(3)53)41(56)38(62-27(2)52)36(26)46(49,4)5/h7-21,32-34,37-40,42,54,60H,22-25,50H2,1-6H3,(H,51,57)/t32-,33-,34+,37-,38+,39+,40?,42-,47+,48-,49+/m0/s1. The van der Waals surface area contributed by atoms with Crippen LogP contribution in [-0.4, -0.2) is 113 Å². The molecule has 350 valence electrons. The summed E-state index contributed by atoms with van der Waals surface area (Å²) in [6, 6.07) is 22.7. The van der Waals surface area contributed by atoms with Gasteiger partial charge in [-0.1, -0.05) is 80.6 Å². The number of hydrogen-bond donors (Lipinski definition) is 4. The molecule has 0 aromatic heterocycles. The molecule has 17 nitrogen and oxygen atoms in total. The molecule has 11 atom stereocenters. The molecule has 3 aromatic carbocycles. The zero-order chi connectivity index (χ0) is 47.9. The summed E-state index contributed by atoms with van der Waals surface area (Å²) in [5.74, 6) is -8.05. The fourth-order valence-corrected chi connectivity index (χ4v) is 10.5. The summed E-state index contributed by atoms with van der Waals surface area (Å²) in [5.41, 5.74) is -1.69. The first kappa shape index (κ1) is 47.7. The third kappa shape index (κ3) is 8.18. The number of carbonyl (C=O) groups is 7. The van der Waals surface area contributed by atoms with Crippen molar-refractivity contribution < 1.29 is 72.2 Å². The summed E-state index contributed by atoms with van der Waals surface area (Å²) in [4.78, 5) is 97.8. The molecule has 1 unspecified atom stereocenters. The highest BCUT2D eigenvalue weighted by molar-refractivity contribution is 5.96. The summed E-state index contributed by atoms with van der Waals surface area (Å²) in [7, 11) is 0. The minimum absolute atomic E-state index is 0.0390. The molecule has 1 saturated heterocycles. The van der Waals surface area contributed by atoms with E-state index in [1.165, 1.54) is 26.0 Å². The van der Waals surface area contributed by atoms with Crippen LogP contribution in [0.1, 0.15) is 86.7 Å². The quantitative estimate of drug-likeness (QED) is 0.116. The Balaban J connectivity index is 1.42. The lowest BCUT2D eigenvalue weighted by atomic mass is 9.44. The smallest absolute Gasteiger partial charge is 0.350 e. The van der Waals surface area contributed by atoms with Gasteiger partial charge in [0.2, 0.25) is 6.10 Å². The summed E-state index contributed by atoms with van der Waals surface area (Å²) < 4.78 is 36.2. The highest BCUT2D eigenvalue weighted by Crippen LogP contribution is 2.64. The third-order valence-electron chi connectivity index (χ3n) is 13.9. The number of rotatable bonds is 12. The number of carbonyl (C=O) groups excluding carboxylic acids is 7. The van der Waals surface area contributed by atoms with Crippen molar-refractivity contribution in [1.82, 2.24) is 5.32 Å². The lowest BCUT2D eigenvalue weighted by Crippen LogP contribution is -2.82. The minimum Gasteiger partial charge on any atom is -0.455 e. The van der Waals surface area contributed by atoms with Crippen LogP contribution in [0.4, 0.5) is 0 Å².